The fourth-order valence-electron chi connectivity index (χ4n) is 6.66. The number of phosphoric acid groups is 1. The number of aliphatic hydroxyl groups excluding tert-OH is 3. The van der Waals surface area contributed by atoms with Gasteiger partial charge in [0.05, 0.1) is 25.9 Å². The quantitative estimate of drug-likeness (QED) is 0.0199. The minimum atomic E-state index is -4.65. The lowest BCUT2D eigenvalue weighted by atomic mass is 10.0. The van der Waals surface area contributed by atoms with Crippen LogP contribution in [0.5, 0.6) is 0 Å². The van der Waals surface area contributed by atoms with Gasteiger partial charge in [0.2, 0.25) is 0 Å². The lowest BCUT2D eigenvalue weighted by Crippen LogP contribution is -2.29. The molecule has 0 aliphatic heterocycles. The third kappa shape index (κ3) is 44.5. The summed E-state index contributed by atoms with van der Waals surface area (Å²) >= 11 is 0. The van der Waals surface area contributed by atoms with E-state index in [-0.39, 0.29) is 25.6 Å². The van der Waals surface area contributed by atoms with Gasteiger partial charge in [-0.3, -0.25) is 18.6 Å². The first-order valence-corrected chi connectivity index (χ1v) is 26.0. The van der Waals surface area contributed by atoms with Gasteiger partial charge in [-0.1, -0.05) is 198 Å². The van der Waals surface area contributed by atoms with Gasteiger partial charge in [0.1, 0.15) is 12.7 Å². The Morgan fingerprint density at radius 3 is 1.55 bits per heavy atom. The molecule has 0 radical (unpaired) electrons. The van der Waals surface area contributed by atoms with Crippen molar-refractivity contribution in [1.82, 2.24) is 0 Å². The van der Waals surface area contributed by atoms with E-state index in [1.165, 1.54) is 96.3 Å². The summed E-state index contributed by atoms with van der Waals surface area (Å²) in [6.45, 7) is 4.53. The van der Waals surface area contributed by atoms with E-state index in [0.717, 1.165) is 63.7 Å². The fraction of sp³-hybridized carbons (Fsp3) is 0.800. The third-order valence-corrected chi connectivity index (χ3v) is 11.4. The number of ether oxygens (including phenoxy) is 2. The van der Waals surface area contributed by atoms with E-state index in [9.17, 15) is 29.3 Å². The highest BCUT2D eigenvalue weighted by Crippen LogP contribution is 2.43. The number of allylic oxidation sites excluding steroid dienone is 7. The minimum Gasteiger partial charge on any atom is -0.462 e. The molecule has 0 saturated carbocycles. The molecule has 0 saturated heterocycles. The number of aliphatic hydroxyl groups is 3. The zero-order valence-electron chi connectivity index (χ0n) is 39.4. The second kappa shape index (κ2) is 44.1. The van der Waals surface area contributed by atoms with Gasteiger partial charge < -0.3 is 29.7 Å². The predicted octanol–water partition coefficient (Wildman–Crippen LogP) is 12.5. The summed E-state index contributed by atoms with van der Waals surface area (Å²) < 4.78 is 32.7. The summed E-state index contributed by atoms with van der Waals surface area (Å²) in [7, 11) is -4.65. The van der Waals surface area contributed by atoms with Crippen LogP contribution in [0, 0.1) is 5.92 Å². The van der Waals surface area contributed by atoms with Crippen molar-refractivity contribution in [3.63, 3.8) is 0 Å². The number of hydrogen-bond donors (Lipinski definition) is 4. The molecule has 0 aromatic carbocycles. The SMILES string of the molecule is CCCC[C@@H](O)/C=C\C/C=C\C/C=C\C/C=C\CCCC(=O)O[C@H](COC(=O)CCCCCCCCCCCCCCCCCCCCC(C)C)COP(=O)(O)OC[C@@H](O)CO. The maximum Gasteiger partial charge on any atom is 0.472 e. The number of carbonyl (C=O) groups excluding carboxylic acids is 2. The van der Waals surface area contributed by atoms with Crippen molar-refractivity contribution in [1.29, 1.82) is 0 Å². The molecule has 0 aliphatic rings. The summed E-state index contributed by atoms with van der Waals surface area (Å²) in [6.07, 6.45) is 44.2. The third-order valence-electron chi connectivity index (χ3n) is 10.5. The zero-order valence-corrected chi connectivity index (χ0v) is 40.3. The Balaban J connectivity index is 4.28. The Morgan fingerprint density at radius 2 is 1.03 bits per heavy atom. The smallest absolute Gasteiger partial charge is 0.462 e. The number of hydrogen-bond acceptors (Lipinski definition) is 10. The molecule has 362 valence electrons. The van der Waals surface area contributed by atoms with Crippen molar-refractivity contribution >= 4 is 19.8 Å². The lowest BCUT2D eigenvalue weighted by Gasteiger charge is -2.20. The largest absolute Gasteiger partial charge is 0.472 e. The second-order valence-corrected chi connectivity index (χ2v) is 18.6. The minimum absolute atomic E-state index is 0.0918. The zero-order chi connectivity index (χ0) is 45.8. The van der Waals surface area contributed by atoms with Crippen LogP contribution in [0.15, 0.2) is 48.6 Å². The summed E-state index contributed by atoms with van der Waals surface area (Å²) in [5.74, 6) is -0.169. The van der Waals surface area contributed by atoms with Crippen LogP contribution < -0.4 is 0 Å². The molecule has 11 nitrogen and oxygen atoms in total. The monoisotopic (exact) mass is 899 g/mol. The Morgan fingerprint density at radius 1 is 0.565 bits per heavy atom. The van der Waals surface area contributed by atoms with Crippen molar-refractivity contribution in [3.8, 4) is 0 Å². The van der Waals surface area contributed by atoms with E-state index in [4.69, 9.17) is 23.6 Å². The average Bonchev–Trinajstić information content (AvgIpc) is 3.24. The number of carbonyl (C=O) groups is 2. The molecule has 4 atom stereocenters. The molecule has 0 rings (SSSR count). The lowest BCUT2D eigenvalue weighted by molar-refractivity contribution is -0.161. The molecular formula is C50H91O11P. The summed E-state index contributed by atoms with van der Waals surface area (Å²) in [5.41, 5.74) is 0. The molecule has 0 bridgehead atoms. The first kappa shape index (κ1) is 59.9. The van der Waals surface area contributed by atoms with E-state index >= 15 is 0 Å². The number of unbranched alkanes of at least 4 members (excludes halogenated alkanes) is 19. The van der Waals surface area contributed by atoms with E-state index in [1.54, 1.807) is 0 Å². The van der Waals surface area contributed by atoms with Crippen LogP contribution in [-0.4, -0.2) is 76.9 Å². The van der Waals surface area contributed by atoms with Gasteiger partial charge in [0, 0.05) is 12.8 Å². The van der Waals surface area contributed by atoms with Crippen molar-refractivity contribution in [3.05, 3.63) is 48.6 Å². The average molecular weight is 899 g/mol. The van der Waals surface area contributed by atoms with Crippen molar-refractivity contribution in [2.45, 2.75) is 225 Å². The first-order chi connectivity index (χ1) is 30.0. The second-order valence-electron chi connectivity index (χ2n) is 17.1. The number of esters is 2. The molecule has 4 N–H and O–H groups in total. The van der Waals surface area contributed by atoms with Gasteiger partial charge in [0.15, 0.2) is 6.10 Å². The van der Waals surface area contributed by atoms with Gasteiger partial charge in [-0.05, 0) is 50.9 Å². The number of rotatable bonds is 45. The van der Waals surface area contributed by atoms with Gasteiger partial charge in [-0.25, -0.2) is 4.57 Å². The van der Waals surface area contributed by atoms with E-state index < -0.39 is 51.8 Å². The van der Waals surface area contributed by atoms with Gasteiger partial charge >= 0.3 is 19.8 Å². The summed E-state index contributed by atoms with van der Waals surface area (Å²) in [6, 6.07) is 0. The van der Waals surface area contributed by atoms with Crippen LogP contribution in [0.1, 0.15) is 207 Å². The Hall–Kier alpha value is -2.11. The topological polar surface area (TPSA) is 169 Å². The molecule has 0 heterocycles. The van der Waals surface area contributed by atoms with E-state index in [2.05, 4.69) is 45.1 Å². The molecule has 12 heteroatoms. The van der Waals surface area contributed by atoms with Crippen LogP contribution in [0.4, 0.5) is 0 Å². The van der Waals surface area contributed by atoms with Crippen LogP contribution in [0.3, 0.4) is 0 Å². The highest BCUT2D eigenvalue weighted by molar-refractivity contribution is 7.47. The molecular weight excluding hydrogens is 808 g/mol. The van der Waals surface area contributed by atoms with Crippen LogP contribution in [0.2, 0.25) is 0 Å². The Kier molecular flexibility index (Phi) is 42.6. The molecule has 0 fully saturated rings. The van der Waals surface area contributed by atoms with Gasteiger partial charge in [-0.15, -0.1) is 0 Å². The van der Waals surface area contributed by atoms with Crippen molar-refractivity contribution < 1.29 is 52.9 Å². The molecule has 0 amide bonds. The van der Waals surface area contributed by atoms with Crippen molar-refractivity contribution in [2.75, 3.05) is 26.4 Å². The number of phosphoric ester groups is 1. The molecule has 1 unspecified atom stereocenters. The van der Waals surface area contributed by atoms with E-state index in [1.807, 2.05) is 24.3 Å². The Labute approximate surface area is 377 Å². The van der Waals surface area contributed by atoms with Gasteiger partial charge in [-0.2, -0.15) is 0 Å². The van der Waals surface area contributed by atoms with Crippen LogP contribution in [-0.2, 0) is 32.7 Å². The molecule has 62 heavy (non-hydrogen) atoms. The van der Waals surface area contributed by atoms with Crippen LogP contribution in [0.25, 0.3) is 0 Å². The maximum atomic E-state index is 12.6. The maximum absolute atomic E-state index is 12.6. The Bertz CT molecular complexity index is 1200. The normalized spacial score (nSPS) is 14.7. The first-order valence-electron chi connectivity index (χ1n) is 24.5. The highest BCUT2D eigenvalue weighted by Gasteiger charge is 2.27. The fourth-order valence-corrected chi connectivity index (χ4v) is 7.45. The molecule has 0 aliphatic carbocycles. The summed E-state index contributed by atoms with van der Waals surface area (Å²) in [5, 5.41) is 28.2. The van der Waals surface area contributed by atoms with Gasteiger partial charge in [0.25, 0.3) is 0 Å². The van der Waals surface area contributed by atoms with E-state index in [0.29, 0.717) is 19.3 Å². The highest BCUT2D eigenvalue weighted by atomic mass is 31.2. The predicted molar refractivity (Wildman–Crippen MR) is 253 cm³/mol. The van der Waals surface area contributed by atoms with Crippen LogP contribution >= 0.6 is 7.82 Å². The standard InChI is InChI=1S/C50H91O11P/c1-4-5-37-46(52)38-33-29-25-21-17-14-15-19-23-27-31-35-40-50(55)61-48(44-60-62(56,57)59-42-47(53)41-51)43-58-49(54)39-34-30-26-22-18-13-11-9-7-6-8-10-12-16-20-24-28-32-36-45(2)3/h14-15,21,23,25,27,33,38,45-48,51-53H,4-13,16-20,22,24,26,28-32,34-37,39-44H2,1-3H3,(H,56,57)/b15-14-,25-21-,27-23-,38-33-/t46-,47+,48-/m1/s1. The molecule has 0 spiro atoms. The summed E-state index contributed by atoms with van der Waals surface area (Å²) in [4.78, 5) is 35.1. The molecule has 0 aromatic heterocycles. The molecule has 0 aromatic rings. The van der Waals surface area contributed by atoms with Crippen molar-refractivity contribution in [2.24, 2.45) is 5.92 Å².